The Balaban J connectivity index is 1.41. The standard InChI is InChI=1S/C32H34N6O6S/c1-5-43-29(40)25(33)45-31(34)37-30(41)32(3,4)24-21-11-6-18(2)35-26(21)44-27-22(24)12-13-23(36-27)19-7-9-20(10-8-19)28(39)38-14-16-42-17-15-38/h6-13,24,33H,5,14-17H2,1-4H3,(H2,34,37,41)/t24-/m0/s1. The van der Waals surface area contributed by atoms with Crippen LogP contribution >= 0.6 is 11.8 Å². The van der Waals surface area contributed by atoms with Gasteiger partial charge in [0.25, 0.3) is 5.91 Å². The third kappa shape index (κ3) is 6.74. The summed E-state index contributed by atoms with van der Waals surface area (Å²) in [7, 11) is 0. The van der Waals surface area contributed by atoms with Crippen LogP contribution in [0.5, 0.6) is 11.8 Å². The zero-order chi connectivity index (χ0) is 32.3. The number of nitrogens with zero attached hydrogens (tertiary/aromatic N) is 3. The number of amidine groups is 1. The molecule has 2 amide bonds. The quantitative estimate of drug-likeness (QED) is 0.209. The van der Waals surface area contributed by atoms with E-state index in [4.69, 9.17) is 30.0 Å². The lowest BCUT2D eigenvalue weighted by Crippen LogP contribution is -2.44. The zero-order valence-electron chi connectivity index (χ0n) is 25.4. The van der Waals surface area contributed by atoms with Crippen LogP contribution in [0.3, 0.4) is 0 Å². The number of benzene rings is 1. The van der Waals surface area contributed by atoms with E-state index in [0.717, 1.165) is 11.3 Å². The number of esters is 1. The maximum absolute atomic E-state index is 13.7. The van der Waals surface area contributed by atoms with E-state index in [9.17, 15) is 14.4 Å². The van der Waals surface area contributed by atoms with Crippen LogP contribution in [-0.2, 0) is 19.1 Å². The van der Waals surface area contributed by atoms with Gasteiger partial charge in [0.1, 0.15) is 0 Å². The number of thioether (sulfide) groups is 1. The summed E-state index contributed by atoms with van der Waals surface area (Å²) >= 11 is 0.504. The third-order valence-electron chi connectivity index (χ3n) is 7.66. The fraction of sp³-hybridized carbons (Fsp3) is 0.344. The van der Waals surface area contributed by atoms with Crippen LogP contribution in [0, 0.1) is 23.2 Å². The van der Waals surface area contributed by atoms with Gasteiger partial charge in [-0.3, -0.25) is 20.4 Å². The van der Waals surface area contributed by atoms with E-state index >= 15 is 0 Å². The van der Waals surface area contributed by atoms with Crippen LogP contribution in [-0.4, -0.2) is 75.8 Å². The minimum atomic E-state index is -1.14. The molecule has 0 bridgehead atoms. The second-order valence-electron chi connectivity index (χ2n) is 11.1. The molecular formula is C32H34N6O6S. The Hall–Kier alpha value is -4.62. The number of aromatic nitrogens is 2. The molecule has 0 unspecified atom stereocenters. The minimum Gasteiger partial charge on any atom is -0.461 e. The van der Waals surface area contributed by atoms with E-state index in [1.165, 1.54) is 0 Å². The van der Waals surface area contributed by atoms with Crippen molar-refractivity contribution < 1.29 is 28.6 Å². The van der Waals surface area contributed by atoms with E-state index in [1.807, 2.05) is 43.3 Å². The van der Waals surface area contributed by atoms with Gasteiger partial charge >= 0.3 is 5.97 Å². The van der Waals surface area contributed by atoms with Crippen molar-refractivity contribution in [2.24, 2.45) is 5.41 Å². The molecule has 13 heteroatoms. The highest BCUT2D eigenvalue weighted by Crippen LogP contribution is 2.51. The van der Waals surface area contributed by atoms with Crippen LogP contribution in [0.15, 0.2) is 48.5 Å². The maximum Gasteiger partial charge on any atom is 0.363 e. The first-order valence-corrected chi connectivity index (χ1v) is 15.3. The Morgan fingerprint density at radius 1 is 1.00 bits per heavy atom. The Labute approximate surface area is 264 Å². The van der Waals surface area contributed by atoms with E-state index in [2.05, 4.69) is 10.3 Å². The normalized spacial score (nSPS) is 15.6. The summed E-state index contributed by atoms with van der Waals surface area (Å²) in [5.74, 6) is -1.33. The second-order valence-corrected chi connectivity index (χ2v) is 12.1. The van der Waals surface area contributed by atoms with Crippen LogP contribution in [0.1, 0.15) is 53.9 Å². The number of hydrogen-bond donors (Lipinski definition) is 3. The summed E-state index contributed by atoms with van der Waals surface area (Å²) in [5.41, 5.74) is 2.91. The fourth-order valence-corrected chi connectivity index (χ4v) is 5.78. The number of carbonyl (C=O) groups excluding carboxylic acids is 3. The highest BCUT2D eigenvalue weighted by molar-refractivity contribution is 8.27. The van der Waals surface area contributed by atoms with E-state index < -0.39 is 28.3 Å². The summed E-state index contributed by atoms with van der Waals surface area (Å²) in [5, 5.41) is 17.7. The van der Waals surface area contributed by atoms with Gasteiger partial charge in [-0.1, -0.05) is 38.1 Å². The number of fused-ring (bicyclic) bond motifs is 2. The Kier molecular flexibility index (Phi) is 9.30. The van der Waals surface area contributed by atoms with Gasteiger partial charge in [0.15, 0.2) is 10.2 Å². The van der Waals surface area contributed by atoms with Gasteiger partial charge in [-0.15, -0.1) is 0 Å². The van der Waals surface area contributed by atoms with Gasteiger partial charge in [-0.25, -0.2) is 14.8 Å². The fourth-order valence-electron chi connectivity index (χ4n) is 5.29. The van der Waals surface area contributed by atoms with E-state index in [1.54, 1.807) is 37.8 Å². The smallest absolute Gasteiger partial charge is 0.363 e. The monoisotopic (exact) mass is 630 g/mol. The first kappa shape index (κ1) is 31.8. The van der Waals surface area contributed by atoms with Gasteiger partial charge in [0.2, 0.25) is 17.7 Å². The number of aryl methyl sites for hydroxylation is 1. The molecular weight excluding hydrogens is 596 g/mol. The van der Waals surface area contributed by atoms with E-state index in [0.29, 0.717) is 72.2 Å². The van der Waals surface area contributed by atoms with Gasteiger partial charge in [-0.05, 0) is 49.9 Å². The van der Waals surface area contributed by atoms with Crippen molar-refractivity contribution in [1.29, 1.82) is 10.8 Å². The summed E-state index contributed by atoms with van der Waals surface area (Å²) < 4.78 is 16.3. The molecule has 45 heavy (non-hydrogen) atoms. The zero-order valence-corrected chi connectivity index (χ0v) is 26.2. The lowest BCUT2D eigenvalue weighted by Gasteiger charge is -2.37. The molecule has 2 aromatic heterocycles. The highest BCUT2D eigenvalue weighted by atomic mass is 32.2. The number of ether oxygens (including phenoxy) is 3. The number of amides is 2. The van der Waals surface area contributed by atoms with Gasteiger partial charge < -0.3 is 24.4 Å². The largest absolute Gasteiger partial charge is 0.461 e. The van der Waals surface area contributed by atoms with Crippen molar-refractivity contribution in [2.75, 3.05) is 32.9 Å². The lowest BCUT2D eigenvalue weighted by atomic mass is 9.70. The summed E-state index contributed by atoms with van der Waals surface area (Å²) in [6, 6.07) is 14.7. The Morgan fingerprint density at radius 2 is 1.64 bits per heavy atom. The van der Waals surface area contributed by atoms with Crippen LogP contribution < -0.4 is 10.1 Å². The van der Waals surface area contributed by atoms with Crippen molar-refractivity contribution in [3.8, 4) is 23.0 Å². The molecule has 1 atom stereocenters. The van der Waals surface area contributed by atoms with Crippen molar-refractivity contribution in [1.82, 2.24) is 20.2 Å². The Morgan fingerprint density at radius 3 is 2.31 bits per heavy atom. The van der Waals surface area contributed by atoms with Gasteiger partial charge in [-0.2, -0.15) is 0 Å². The summed E-state index contributed by atoms with van der Waals surface area (Å²) in [6.07, 6.45) is 0. The molecule has 2 aliphatic heterocycles. The molecule has 3 aromatic rings. The Bertz CT molecular complexity index is 1670. The molecule has 0 radical (unpaired) electrons. The molecule has 0 aliphatic carbocycles. The van der Waals surface area contributed by atoms with Crippen LogP contribution in [0.25, 0.3) is 11.3 Å². The summed E-state index contributed by atoms with van der Waals surface area (Å²) in [6.45, 7) is 9.24. The molecule has 3 N–H and O–H groups in total. The number of morpholine rings is 1. The summed E-state index contributed by atoms with van der Waals surface area (Å²) in [4.78, 5) is 49.5. The lowest BCUT2D eigenvalue weighted by molar-refractivity contribution is -0.134. The molecule has 0 spiro atoms. The molecule has 2 aliphatic rings. The molecule has 1 saturated heterocycles. The number of carbonyl (C=O) groups is 3. The second kappa shape index (κ2) is 13.2. The predicted octanol–water partition coefficient (Wildman–Crippen LogP) is 4.51. The molecule has 0 saturated carbocycles. The molecule has 12 nitrogen and oxygen atoms in total. The predicted molar refractivity (Wildman–Crippen MR) is 169 cm³/mol. The maximum atomic E-state index is 13.7. The van der Waals surface area contributed by atoms with Crippen molar-refractivity contribution in [3.63, 3.8) is 0 Å². The van der Waals surface area contributed by atoms with Crippen LogP contribution in [0.2, 0.25) is 0 Å². The van der Waals surface area contributed by atoms with Crippen molar-refractivity contribution >= 4 is 39.8 Å². The van der Waals surface area contributed by atoms with E-state index in [-0.39, 0.29) is 17.7 Å². The minimum absolute atomic E-state index is 0.0443. The molecule has 1 fully saturated rings. The number of nitrogens with one attached hydrogen (secondary N) is 3. The average molecular weight is 631 g/mol. The number of rotatable bonds is 5. The molecule has 234 valence electrons. The topological polar surface area (TPSA) is 168 Å². The third-order valence-corrected chi connectivity index (χ3v) is 8.34. The number of pyridine rings is 2. The average Bonchev–Trinajstić information content (AvgIpc) is 3.03. The van der Waals surface area contributed by atoms with Gasteiger partial charge in [0.05, 0.1) is 30.9 Å². The first-order valence-electron chi connectivity index (χ1n) is 14.5. The highest BCUT2D eigenvalue weighted by Gasteiger charge is 2.45. The first-order chi connectivity index (χ1) is 21.5. The molecule has 5 rings (SSSR count). The van der Waals surface area contributed by atoms with Gasteiger partial charge in [0, 0.05) is 47.0 Å². The van der Waals surface area contributed by atoms with Crippen molar-refractivity contribution in [3.05, 3.63) is 70.9 Å². The molecule has 4 heterocycles. The SMILES string of the molecule is CCOC(=O)C(=N)SC(=N)NC(=O)C(C)(C)[C@H]1c2ccc(C)nc2Oc2nc(-c3ccc(C(=O)N4CCOCC4)cc3)ccc21. The van der Waals surface area contributed by atoms with Crippen LogP contribution in [0.4, 0.5) is 0 Å². The molecule has 1 aromatic carbocycles. The number of hydrogen-bond acceptors (Lipinski definition) is 11. The van der Waals surface area contributed by atoms with Crippen molar-refractivity contribution in [2.45, 2.75) is 33.6 Å².